The van der Waals surface area contributed by atoms with Crippen LogP contribution in [0.4, 0.5) is 4.39 Å². The second-order valence-corrected chi connectivity index (χ2v) is 9.81. The number of hydrogen-bond donors (Lipinski definition) is 0. The second-order valence-electron chi connectivity index (χ2n) is 9.81. The number of aryl methyl sites for hydroxylation is 1. The molecule has 1 aromatic carbocycles. The van der Waals surface area contributed by atoms with Crippen LogP contribution in [-0.2, 0) is 18.9 Å². The number of halogens is 1. The molecular weight excluding hydrogens is 457 g/mol. The first-order valence-electron chi connectivity index (χ1n) is 11.6. The van der Waals surface area contributed by atoms with Gasteiger partial charge in [0.15, 0.2) is 11.4 Å². The third-order valence-corrected chi connectivity index (χ3v) is 6.11. The zero-order valence-electron chi connectivity index (χ0n) is 20.8. The fourth-order valence-corrected chi connectivity index (χ4v) is 4.03. The summed E-state index contributed by atoms with van der Waals surface area (Å²) in [5.74, 6) is 0.375. The van der Waals surface area contributed by atoms with Crippen LogP contribution in [0.15, 0.2) is 55.0 Å². The molecule has 0 unspecified atom stereocenters. The molecule has 8 nitrogen and oxygen atoms in total. The first-order valence-corrected chi connectivity index (χ1v) is 11.6. The molecule has 36 heavy (non-hydrogen) atoms. The maximum absolute atomic E-state index is 13.5. The van der Waals surface area contributed by atoms with Crippen LogP contribution in [0.3, 0.4) is 0 Å². The highest BCUT2D eigenvalue weighted by molar-refractivity contribution is 5.95. The van der Waals surface area contributed by atoms with Crippen LogP contribution in [0.25, 0.3) is 28.3 Å². The van der Waals surface area contributed by atoms with Crippen LogP contribution in [0.5, 0.6) is 0 Å². The molecule has 0 saturated heterocycles. The SMILES string of the molecule is Cc1nc(-c2ccc(F)cc2)c(-c2ccc3nc(CC(=O)c4cc(C(C)(C)C)ncn4)cn3n2)n1C. The molecule has 0 bridgehead atoms. The maximum atomic E-state index is 13.5. The van der Waals surface area contributed by atoms with Crippen molar-refractivity contribution in [2.75, 3.05) is 0 Å². The number of carbonyl (C=O) groups excluding carboxylic acids is 1. The zero-order chi connectivity index (χ0) is 25.6. The highest BCUT2D eigenvalue weighted by atomic mass is 19.1. The van der Waals surface area contributed by atoms with Crippen molar-refractivity contribution in [1.82, 2.24) is 34.1 Å². The van der Waals surface area contributed by atoms with Crippen LogP contribution in [0.2, 0.25) is 0 Å². The van der Waals surface area contributed by atoms with E-state index in [2.05, 4.69) is 19.9 Å². The van der Waals surface area contributed by atoms with E-state index in [-0.39, 0.29) is 23.4 Å². The van der Waals surface area contributed by atoms with Gasteiger partial charge in [-0.1, -0.05) is 20.8 Å². The van der Waals surface area contributed by atoms with Crippen molar-refractivity contribution < 1.29 is 9.18 Å². The number of benzene rings is 1. The van der Waals surface area contributed by atoms with Crippen molar-refractivity contribution in [2.45, 2.75) is 39.5 Å². The molecule has 0 fully saturated rings. The molecule has 182 valence electrons. The number of hydrogen-bond acceptors (Lipinski definition) is 6. The Morgan fingerprint density at radius 3 is 2.50 bits per heavy atom. The summed E-state index contributed by atoms with van der Waals surface area (Å²) in [6.45, 7) is 8.04. The van der Waals surface area contributed by atoms with Gasteiger partial charge in [0.2, 0.25) is 0 Å². The fourth-order valence-electron chi connectivity index (χ4n) is 4.03. The number of Topliss-reactive ketones (excluding diaryl/α,β-unsaturated/α-hetero) is 1. The molecule has 0 spiro atoms. The molecule has 0 aliphatic heterocycles. The van der Waals surface area contributed by atoms with Gasteiger partial charge in [0, 0.05) is 23.7 Å². The Labute approximate surface area is 207 Å². The fraction of sp³-hybridized carbons (Fsp3) is 0.259. The molecule has 0 N–H and O–H groups in total. The Balaban J connectivity index is 1.47. The predicted molar refractivity (Wildman–Crippen MR) is 134 cm³/mol. The van der Waals surface area contributed by atoms with Gasteiger partial charge in [-0.25, -0.2) is 28.8 Å². The summed E-state index contributed by atoms with van der Waals surface area (Å²) in [6.07, 6.45) is 3.29. The highest BCUT2D eigenvalue weighted by Crippen LogP contribution is 2.31. The van der Waals surface area contributed by atoms with Crippen molar-refractivity contribution in [3.8, 4) is 22.6 Å². The predicted octanol–water partition coefficient (Wildman–Crippen LogP) is 4.76. The number of carbonyl (C=O) groups is 1. The minimum atomic E-state index is -0.301. The third kappa shape index (κ3) is 4.39. The lowest BCUT2D eigenvalue weighted by Crippen LogP contribution is -2.16. The van der Waals surface area contributed by atoms with Gasteiger partial charge in [-0.2, -0.15) is 5.10 Å². The normalized spacial score (nSPS) is 11.8. The van der Waals surface area contributed by atoms with Gasteiger partial charge in [-0.15, -0.1) is 0 Å². The van der Waals surface area contributed by atoms with Crippen molar-refractivity contribution in [1.29, 1.82) is 0 Å². The van der Waals surface area contributed by atoms with Crippen molar-refractivity contribution in [2.24, 2.45) is 7.05 Å². The maximum Gasteiger partial charge on any atom is 0.187 e. The molecule has 4 aromatic heterocycles. The van der Waals surface area contributed by atoms with Crippen LogP contribution < -0.4 is 0 Å². The van der Waals surface area contributed by atoms with E-state index in [1.54, 1.807) is 28.9 Å². The Kier molecular flexibility index (Phi) is 5.70. The van der Waals surface area contributed by atoms with Gasteiger partial charge in [-0.05, 0) is 49.4 Å². The van der Waals surface area contributed by atoms with Gasteiger partial charge in [0.05, 0.1) is 29.7 Å². The Morgan fingerprint density at radius 1 is 1.03 bits per heavy atom. The monoisotopic (exact) mass is 483 g/mol. The van der Waals surface area contributed by atoms with E-state index < -0.39 is 0 Å². The number of imidazole rings is 2. The highest BCUT2D eigenvalue weighted by Gasteiger charge is 2.20. The summed E-state index contributed by atoms with van der Waals surface area (Å²) in [5, 5.41) is 4.75. The van der Waals surface area contributed by atoms with Crippen LogP contribution in [0.1, 0.15) is 48.5 Å². The number of aromatic nitrogens is 7. The largest absolute Gasteiger partial charge is 0.330 e. The summed E-state index contributed by atoms with van der Waals surface area (Å²) in [6, 6.07) is 11.7. The van der Waals surface area contributed by atoms with Crippen molar-refractivity contribution >= 4 is 11.4 Å². The Hall–Kier alpha value is -4.27. The van der Waals surface area contributed by atoms with E-state index in [1.807, 2.05) is 51.4 Å². The molecule has 9 heteroatoms. The van der Waals surface area contributed by atoms with Gasteiger partial charge in [-0.3, -0.25) is 4.79 Å². The van der Waals surface area contributed by atoms with Crippen LogP contribution >= 0.6 is 0 Å². The summed E-state index contributed by atoms with van der Waals surface area (Å²) >= 11 is 0. The van der Waals surface area contributed by atoms with E-state index >= 15 is 0 Å². The lowest BCUT2D eigenvalue weighted by Gasteiger charge is -2.17. The lowest BCUT2D eigenvalue weighted by atomic mass is 9.91. The summed E-state index contributed by atoms with van der Waals surface area (Å²) < 4.78 is 17.1. The number of nitrogens with zero attached hydrogens (tertiary/aromatic N) is 7. The average molecular weight is 484 g/mol. The summed E-state index contributed by atoms with van der Waals surface area (Å²) in [7, 11) is 1.92. The molecule has 4 heterocycles. The van der Waals surface area contributed by atoms with Crippen molar-refractivity contribution in [3.63, 3.8) is 0 Å². The van der Waals surface area contributed by atoms with Gasteiger partial charge in [0.25, 0.3) is 0 Å². The van der Waals surface area contributed by atoms with Gasteiger partial charge >= 0.3 is 0 Å². The lowest BCUT2D eigenvalue weighted by molar-refractivity contribution is 0.0987. The Morgan fingerprint density at radius 2 is 1.78 bits per heavy atom. The smallest absolute Gasteiger partial charge is 0.187 e. The molecule has 0 aliphatic carbocycles. The molecule has 0 saturated carbocycles. The van der Waals surface area contributed by atoms with Crippen molar-refractivity contribution in [3.05, 3.63) is 83.7 Å². The zero-order valence-corrected chi connectivity index (χ0v) is 20.8. The minimum absolute atomic E-state index is 0.102. The van der Waals surface area contributed by atoms with Gasteiger partial charge < -0.3 is 4.57 Å². The number of rotatable bonds is 5. The Bertz CT molecular complexity index is 1590. The van der Waals surface area contributed by atoms with E-state index in [0.717, 1.165) is 28.5 Å². The van der Waals surface area contributed by atoms with E-state index in [0.29, 0.717) is 22.7 Å². The topological polar surface area (TPSA) is 90.9 Å². The number of fused-ring (bicyclic) bond motifs is 1. The summed E-state index contributed by atoms with van der Waals surface area (Å²) in [5.41, 5.74) is 5.24. The van der Waals surface area contributed by atoms with E-state index in [4.69, 9.17) is 5.10 Å². The number of ketones is 1. The molecule has 5 rings (SSSR count). The molecule has 5 aromatic rings. The molecule has 0 aliphatic rings. The van der Waals surface area contributed by atoms with E-state index in [9.17, 15) is 9.18 Å². The quantitative estimate of drug-likeness (QED) is 0.335. The standard InChI is InChI=1S/C27H26FN7O/c1-16-31-25(17-6-8-18(28)9-7-17)26(34(16)5)20-10-11-24-32-19(14-35(24)33-20)12-22(36)21-13-23(27(2,3)4)30-15-29-21/h6-11,13-15H,12H2,1-5H3. The first-order chi connectivity index (χ1) is 17.1. The molecular formula is C27H26FN7O. The van der Waals surface area contributed by atoms with Crippen LogP contribution in [-0.4, -0.2) is 39.9 Å². The van der Waals surface area contributed by atoms with Crippen LogP contribution in [0, 0.1) is 12.7 Å². The average Bonchev–Trinajstić information content (AvgIpc) is 3.38. The summed E-state index contributed by atoms with van der Waals surface area (Å²) in [4.78, 5) is 30.7. The minimum Gasteiger partial charge on any atom is -0.330 e. The van der Waals surface area contributed by atoms with E-state index in [1.165, 1.54) is 18.5 Å². The second kappa shape index (κ2) is 8.75. The first kappa shape index (κ1) is 23.5. The molecule has 0 amide bonds. The molecule has 0 radical (unpaired) electrons. The molecule has 0 atom stereocenters. The third-order valence-electron chi connectivity index (χ3n) is 6.11. The van der Waals surface area contributed by atoms with Gasteiger partial charge in [0.1, 0.15) is 29.4 Å².